The summed E-state index contributed by atoms with van der Waals surface area (Å²) in [6.45, 7) is 2.59. The highest BCUT2D eigenvalue weighted by Crippen LogP contribution is 2.11. The highest BCUT2D eigenvalue weighted by atomic mass is 127. The number of furan rings is 1. The third kappa shape index (κ3) is 7.00. The van der Waals surface area contributed by atoms with E-state index >= 15 is 0 Å². The monoisotopic (exact) mass is 377 g/mol. The Bertz CT molecular complexity index is 453. The van der Waals surface area contributed by atoms with Crippen molar-refractivity contribution in [2.24, 2.45) is 0 Å². The molecule has 0 unspecified atom stereocenters. The molecule has 0 fully saturated rings. The summed E-state index contributed by atoms with van der Waals surface area (Å²) in [5, 5.41) is 2.68. The molecule has 0 aromatic carbocycles. The average Bonchev–Trinajstić information content (AvgIpc) is 2.78. The zero-order valence-electron chi connectivity index (χ0n) is 10.6. The summed E-state index contributed by atoms with van der Waals surface area (Å²) in [6, 6.07) is 3.60. The first-order valence-electron chi connectivity index (χ1n) is 5.98. The Labute approximate surface area is 125 Å². The number of amides is 1. The Balaban J connectivity index is 2.18. The molecule has 1 N–H and O–H groups in total. The van der Waals surface area contributed by atoms with Crippen LogP contribution in [0.5, 0.6) is 0 Å². The van der Waals surface area contributed by atoms with Crippen molar-refractivity contribution in [2.45, 2.75) is 19.8 Å². The minimum Gasteiger partial charge on any atom is -0.466 e. The normalized spacial score (nSPS) is 10.6. The van der Waals surface area contributed by atoms with Crippen LogP contribution in [-0.2, 0) is 14.3 Å². The van der Waals surface area contributed by atoms with Crippen molar-refractivity contribution in [3.05, 3.63) is 27.7 Å². The number of rotatable bonds is 7. The largest absolute Gasteiger partial charge is 0.466 e. The number of hydrogen-bond acceptors (Lipinski definition) is 4. The molecule has 5 nitrogen and oxygen atoms in total. The van der Waals surface area contributed by atoms with E-state index in [0.29, 0.717) is 31.8 Å². The van der Waals surface area contributed by atoms with Crippen molar-refractivity contribution in [3.63, 3.8) is 0 Å². The first-order valence-corrected chi connectivity index (χ1v) is 7.06. The fourth-order valence-corrected chi connectivity index (χ4v) is 1.75. The molecule has 0 spiro atoms. The van der Waals surface area contributed by atoms with Gasteiger partial charge in [-0.05, 0) is 54.1 Å². The molecule has 6 heteroatoms. The highest BCUT2D eigenvalue weighted by Gasteiger charge is 2.02. The van der Waals surface area contributed by atoms with Gasteiger partial charge in [0.05, 0.1) is 6.61 Å². The number of carbonyl (C=O) groups excluding carboxylic acids is 2. The van der Waals surface area contributed by atoms with E-state index in [1.165, 1.54) is 6.08 Å². The van der Waals surface area contributed by atoms with Crippen LogP contribution >= 0.6 is 22.6 Å². The summed E-state index contributed by atoms with van der Waals surface area (Å²) in [7, 11) is 0. The van der Waals surface area contributed by atoms with Crippen molar-refractivity contribution in [3.8, 4) is 0 Å². The predicted molar refractivity (Wildman–Crippen MR) is 79.3 cm³/mol. The number of nitrogens with one attached hydrogen (secondary N) is 1. The molecule has 1 aromatic rings. The number of hydrogen-bond donors (Lipinski definition) is 1. The molecular weight excluding hydrogens is 361 g/mol. The molecule has 104 valence electrons. The van der Waals surface area contributed by atoms with Crippen LogP contribution in [0.2, 0.25) is 0 Å². The molecule has 19 heavy (non-hydrogen) atoms. The lowest BCUT2D eigenvalue weighted by atomic mass is 10.3. The maximum Gasteiger partial charge on any atom is 0.305 e. The number of esters is 1. The second-order valence-electron chi connectivity index (χ2n) is 3.67. The molecule has 1 aromatic heterocycles. The van der Waals surface area contributed by atoms with E-state index in [-0.39, 0.29) is 11.9 Å². The van der Waals surface area contributed by atoms with Crippen LogP contribution in [0, 0.1) is 3.77 Å². The molecule has 0 aliphatic heterocycles. The summed E-state index contributed by atoms with van der Waals surface area (Å²) >= 11 is 2.05. The van der Waals surface area contributed by atoms with Gasteiger partial charge < -0.3 is 14.5 Å². The molecule has 0 bridgehead atoms. The molecule has 0 radical (unpaired) electrons. The topological polar surface area (TPSA) is 68.5 Å². The molecule has 0 saturated heterocycles. The summed E-state index contributed by atoms with van der Waals surface area (Å²) < 4.78 is 10.8. The van der Waals surface area contributed by atoms with Crippen LogP contribution < -0.4 is 5.32 Å². The number of halogens is 1. The quantitative estimate of drug-likeness (QED) is 0.343. The van der Waals surface area contributed by atoms with E-state index < -0.39 is 0 Å². The van der Waals surface area contributed by atoms with Gasteiger partial charge in [0.15, 0.2) is 3.77 Å². The van der Waals surface area contributed by atoms with E-state index in [0.717, 1.165) is 3.77 Å². The Morgan fingerprint density at radius 3 is 2.89 bits per heavy atom. The van der Waals surface area contributed by atoms with Crippen LogP contribution in [0.1, 0.15) is 25.5 Å². The van der Waals surface area contributed by atoms with Gasteiger partial charge in [-0.1, -0.05) is 0 Å². The van der Waals surface area contributed by atoms with Gasteiger partial charge in [0.2, 0.25) is 5.91 Å². The molecule has 0 aliphatic carbocycles. The van der Waals surface area contributed by atoms with Gasteiger partial charge in [-0.3, -0.25) is 9.59 Å². The molecular formula is C13H16INO4. The van der Waals surface area contributed by atoms with Gasteiger partial charge in [0, 0.05) is 19.0 Å². The summed E-state index contributed by atoms with van der Waals surface area (Å²) in [6.07, 6.45) is 3.88. The Morgan fingerprint density at radius 2 is 2.26 bits per heavy atom. The maximum atomic E-state index is 11.4. The number of ether oxygens (including phenoxy) is 1. The first kappa shape index (κ1) is 15.7. The maximum absolute atomic E-state index is 11.4. The van der Waals surface area contributed by atoms with E-state index in [4.69, 9.17) is 9.15 Å². The zero-order valence-corrected chi connectivity index (χ0v) is 12.8. The standard InChI is InChI=1S/C13H16INO4/c1-2-18-13(17)4-3-9-15-12(16)8-6-10-5-7-11(14)19-10/h5-8H,2-4,9H2,1H3,(H,15,16)/b8-6+. The molecule has 1 heterocycles. The van der Waals surface area contributed by atoms with Gasteiger partial charge in [0.25, 0.3) is 0 Å². The summed E-state index contributed by atoms with van der Waals surface area (Å²) in [5.74, 6) is 0.179. The lowest BCUT2D eigenvalue weighted by molar-refractivity contribution is -0.143. The van der Waals surface area contributed by atoms with E-state index in [2.05, 4.69) is 27.9 Å². The Hall–Kier alpha value is -1.31. The van der Waals surface area contributed by atoms with Crippen molar-refractivity contribution < 1.29 is 18.7 Å². The number of carbonyl (C=O) groups is 2. The minimum atomic E-state index is -0.238. The SMILES string of the molecule is CCOC(=O)CCCNC(=O)/C=C/c1ccc(I)o1. The second-order valence-corrected chi connectivity index (χ2v) is 4.74. The van der Waals surface area contributed by atoms with Crippen molar-refractivity contribution in [1.29, 1.82) is 0 Å². The van der Waals surface area contributed by atoms with Crippen molar-refractivity contribution in [1.82, 2.24) is 5.32 Å². The van der Waals surface area contributed by atoms with Gasteiger partial charge in [0.1, 0.15) is 5.76 Å². The van der Waals surface area contributed by atoms with Gasteiger partial charge >= 0.3 is 5.97 Å². The van der Waals surface area contributed by atoms with Gasteiger partial charge in [-0.25, -0.2) is 0 Å². The van der Waals surface area contributed by atoms with Crippen LogP contribution in [0.15, 0.2) is 22.6 Å². The van der Waals surface area contributed by atoms with E-state index in [1.807, 2.05) is 6.07 Å². The minimum absolute atomic E-state index is 0.213. The third-order valence-corrected chi connectivity index (χ3v) is 2.73. The first-order chi connectivity index (χ1) is 9.11. The van der Waals surface area contributed by atoms with Crippen LogP contribution in [0.25, 0.3) is 6.08 Å². The van der Waals surface area contributed by atoms with Gasteiger partial charge in [-0.15, -0.1) is 0 Å². The second kappa shape index (κ2) is 8.73. The van der Waals surface area contributed by atoms with Gasteiger partial charge in [-0.2, -0.15) is 0 Å². The van der Waals surface area contributed by atoms with Crippen LogP contribution in [0.4, 0.5) is 0 Å². The highest BCUT2D eigenvalue weighted by molar-refractivity contribution is 14.1. The third-order valence-electron chi connectivity index (χ3n) is 2.16. The smallest absolute Gasteiger partial charge is 0.305 e. The lowest BCUT2D eigenvalue weighted by Gasteiger charge is -2.02. The Morgan fingerprint density at radius 1 is 1.47 bits per heavy atom. The summed E-state index contributed by atoms with van der Waals surface area (Å²) in [5.41, 5.74) is 0. The fraction of sp³-hybridized carbons (Fsp3) is 0.385. The Kier molecular flexibility index (Phi) is 7.24. The van der Waals surface area contributed by atoms with Crippen LogP contribution in [0.3, 0.4) is 0 Å². The molecule has 0 saturated carbocycles. The average molecular weight is 377 g/mol. The molecule has 0 atom stereocenters. The van der Waals surface area contributed by atoms with E-state index in [1.54, 1.807) is 19.1 Å². The molecule has 0 aliphatic rings. The predicted octanol–water partition coefficient (Wildman–Crippen LogP) is 2.36. The fourth-order valence-electron chi connectivity index (χ4n) is 1.31. The van der Waals surface area contributed by atoms with Crippen molar-refractivity contribution in [2.75, 3.05) is 13.2 Å². The van der Waals surface area contributed by atoms with Crippen LogP contribution in [-0.4, -0.2) is 25.0 Å². The molecule has 1 rings (SSSR count). The van der Waals surface area contributed by atoms with E-state index in [9.17, 15) is 9.59 Å². The zero-order chi connectivity index (χ0) is 14.1. The lowest BCUT2D eigenvalue weighted by Crippen LogP contribution is -2.22. The van der Waals surface area contributed by atoms with Crippen molar-refractivity contribution >= 4 is 40.5 Å². The molecule has 1 amide bonds. The summed E-state index contributed by atoms with van der Waals surface area (Å²) in [4.78, 5) is 22.5.